The Kier molecular flexibility index (Phi) is 5.51. The van der Waals surface area contributed by atoms with Crippen LogP contribution < -0.4 is 4.90 Å². The molecule has 0 saturated carbocycles. The molecule has 0 atom stereocenters. The highest BCUT2D eigenvalue weighted by Gasteiger charge is 2.21. The van der Waals surface area contributed by atoms with Crippen LogP contribution in [0.5, 0.6) is 0 Å². The Morgan fingerprint density at radius 2 is 1.74 bits per heavy atom. The number of benzene rings is 2. The summed E-state index contributed by atoms with van der Waals surface area (Å²) in [4.78, 5) is 29.3. The van der Waals surface area contributed by atoms with E-state index < -0.39 is 10.7 Å². The average molecular weight is 365 g/mol. The van der Waals surface area contributed by atoms with Crippen LogP contribution in [-0.2, 0) is 17.8 Å². The minimum atomic E-state index is -0.510. The van der Waals surface area contributed by atoms with Crippen LogP contribution in [0.25, 0.3) is 0 Å². The van der Waals surface area contributed by atoms with E-state index in [1.807, 2.05) is 0 Å². The summed E-state index contributed by atoms with van der Waals surface area (Å²) in [6, 6.07) is 17.0. The lowest BCUT2D eigenvalue weighted by atomic mass is 10.1. The van der Waals surface area contributed by atoms with Crippen molar-refractivity contribution in [2.24, 2.45) is 0 Å². The highest BCUT2D eigenvalue weighted by atomic mass is 19.1. The number of nitro groups is 1. The third kappa shape index (κ3) is 4.52. The van der Waals surface area contributed by atoms with Gasteiger partial charge >= 0.3 is 0 Å². The lowest BCUT2D eigenvalue weighted by Crippen LogP contribution is -2.32. The Morgan fingerprint density at radius 1 is 1.04 bits per heavy atom. The number of nitrogens with zero attached hydrogens (tertiary/aromatic N) is 3. The van der Waals surface area contributed by atoms with Gasteiger partial charge in [-0.25, -0.2) is 4.39 Å². The second-order valence-electron chi connectivity index (χ2n) is 5.84. The van der Waals surface area contributed by atoms with Gasteiger partial charge < -0.3 is 4.90 Å². The molecular weight excluding hydrogens is 349 g/mol. The molecule has 136 valence electrons. The van der Waals surface area contributed by atoms with E-state index >= 15 is 0 Å². The van der Waals surface area contributed by atoms with Gasteiger partial charge in [0.1, 0.15) is 5.82 Å². The zero-order chi connectivity index (χ0) is 19.2. The summed E-state index contributed by atoms with van der Waals surface area (Å²) in [5.74, 6) is -0.760. The monoisotopic (exact) mass is 365 g/mol. The van der Waals surface area contributed by atoms with Crippen LogP contribution in [0, 0.1) is 15.9 Å². The number of pyridine rings is 1. The molecule has 0 saturated heterocycles. The Hall–Kier alpha value is -3.61. The van der Waals surface area contributed by atoms with Crippen LogP contribution in [-0.4, -0.2) is 15.8 Å². The molecule has 1 amide bonds. The van der Waals surface area contributed by atoms with Crippen LogP contribution in [0.3, 0.4) is 0 Å². The van der Waals surface area contributed by atoms with E-state index in [0.717, 1.165) is 0 Å². The molecule has 3 rings (SSSR count). The maximum absolute atomic E-state index is 13.3. The van der Waals surface area contributed by atoms with Crippen molar-refractivity contribution in [1.82, 2.24) is 4.98 Å². The maximum atomic E-state index is 13.3. The molecule has 0 fully saturated rings. The van der Waals surface area contributed by atoms with Gasteiger partial charge in [-0.15, -0.1) is 0 Å². The molecule has 0 N–H and O–H groups in total. The van der Waals surface area contributed by atoms with Crippen LogP contribution >= 0.6 is 0 Å². The zero-order valence-corrected chi connectivity index (χ0v) is 14.3. The van der Waals surface area contributed by atoms with E-state index in [0.29, 0.717) is 16.9 Å². The zero-order valence-electron chi connectivity index (χ0n) is 14.3. The van der Waals surface area contributed by atoms with Gasteiger partial charge in [0.2, 0.25) is 5.91 Å². The summed E-state index contributed by atoms with van der Waals surface area (Å²) >= 11 is 0. The van der Waals surface area contributed by atoms with Crippen molar-refractivity contribution in [2.75, 3.05) is 4.90 Å². The van der Waals surface area contributed by atoms with Gasteiger partial charge in [0.05, 0.1) is 23.6 Å². The maximum Gasteiger partial charge on any atom is 0.273 e. The third-order valence-electron chi connectivity index (χ3n) is 4.02. The summed E-state index contributed by atoms with van der Waals surface area (Å²) in [6.45, 7) is 0.173. The molecule has 0 radical (unpaired) electrons. The molecule has 1 heterocycles. The van der Waals surface area contributed by atoms with Crippen molar-refractivity contribution in [1.29, 1.82) is 0 Å². The smallest absolute Gasteiger partial charge is 0.273 e. The average Bonchev–Trinajstić information content (AvgIpc) is 2.68. The quantitative estimate of drug-likeness (QED) is 0.490. The summed E-state index contributed by atoms with van der Waals surface area (Å²) in [6.07, 6.45) is 1.46. The first kappa shape index (κ1) is 18.2. The molecule has 0 aliphatic heterocycles. The normalized spacial score (nSPS) is 10.4. The van der Waals surface area contributed by atoms with E-state index in [-0.39, 0.29) is 24.6 Å². The Labute approximate surface area is 155 Å². The Morgan fingerprint density at radius 3 is 2.41 bits per heavy atom. The summed E-state index contributed by atoms with van der Waals surface area (Å²) in [7, 11) is 0. The molecule has 0 aliphatic rings. The first-order valence-electron chi connectivity index (χ1n) is 8.23. The van der Waals surface area contributed by atoms with Gasteiger partial charge in [-0.1, -0.05) is 24.3 Å². The number of hydrogen-bond acceptors (Lipinski definition) is 4. The number of hydrogen-bond donors (Lipinski definition) is 0. The summed E-state index contributed by atoms with van der Waals surface area (Å²) < 4.78 is 13.3. The highest BCUT2D eigenvalue weighted by molar-refractivity contribution is 5.95. The number of halogens is 1. The van der Waals surface area contributed by atoms with Gasteiger partial charge in [-0.2, -0.15) is 0 Å². The number of anilines is 1. The molecule has 7 heteroatoms. The summed E-state index contributed by atoms with van der Waals surface area (Å²) in [5.41, 5.74) is 1.35. The SMILES string of the molecule is O=C(Cc1ccccc1[N+](=O)[O-])N(Cc1ccccn1)c1ccc(F)cc1. The van der Waals surface area contributed by atoms with Crippen LogP contribution in [0.1, 0.15) is 11.3 Å². The fraction of sp³-hybridized carbons (Fsp3) is 0.100. The number of carbonyl (C=O) groups is 1. The minimum Gasteiger partial charge on any atom is -0.306 e. The van der Waals surface area contributed by atoms with E-state index in [1.54, 1.807) is 42.6 Å². The molecule has 0 aliphatic carbocycles. The second-order valence-corrected chi connectivity index (χ2v) is 5.84. The van der Waals surface area contributed by atoms with Crippen molar-refractivity contribution in [3.63, 3.8) is 0 Å². The molecule has 3 aromatic rings. The number of aromatic nitrogens is 1. The predicted octanol–water partition coefficient (Wildman–Crippen LogP) is 3.90. The lowest BCUT2D eigenvalue weighted by molar-refractivity contribution is -0.385. The van der Waals surface area contributed by atoms with Gasteiger partial charge in [0.15, 0.2) is 0 Å². The van der Waals surface area contributed by atoms with Gasteiger partial charge in [0, 0.05) is 23.5 Å². The molecule has 0 spiro atoms. The molecular formula is C20H16FN3O3. The van der Waals surface area contributed by atoms with E-state index in [9.17, 15) is 19.3 Å². The van der Waals surface area contributed by atoms with E-state index in [4.69, 9.17) is 0 Å². The number of amides is 1. The first-order chi connectivity index (χ1) is 13.0. The number of rotatable bonds is 6. The van der Waals surface area contributed by atoms with Crippen molar-refractivity contribution in [2.45, 2.75) is 13.0 Å². The van der Waals surface area contributed by atoms with Crippen LogP contribution in [0.2, 0.25) is 0 Å². The third-order valence-corrected chi connectivity index (χ3v) is 4.02. The fourth-order valence-corrected chi connectivity index (χ4v) is 2.69. The van der Waals surface area contributed by atoms with Crippen molar-refractivity contribution in [3.8, 4) is 0 Å². The molecule has 0 unspecified atom stereocenters. The first-order valence-corrected chi connectivity index (χ1v) is 8.23. The molecule has 0 bridgehead atoms. The van der Waals surface area contributed by atoms with Crippen LogP contribution in [0.15, 0.2) is 72.9 Å². The largest absolute Gasteiger partial charge is 0.306 e. The van der Waals surface area contributed by atoms with Crippen molar-refractivity contribution < 1.29 is 14.1 Å². The Balaban J connectivity index is 1.91. The van der Waals surface area contributed by atoms with Crippen LogP contribution in [0.4, 0.5) is 15.8 Å². The van der Waals surface area contributed by atoms with Gasteiger partial charge in [-0.3, -0.25) is 19.9 Å². The number of para-hydroxylation sites is 1. The van der Waals surface area contributed by atoms with E-state index in [1.165, 1.54) is 35.2 Å². The van der Waals surface area contributed by atoms with Gasteiger partial charge in [0.25, 0.3) is 5.69 Å². The second kappa shape index (κ2) is 8.18. The molecule has 27 heavy (non-hydrogen) atoms. The molecule has 6 nitrogen and oxygen atoms in total. The van der Waals surface area contributed by atoms with Crippen molar-refractivity contribution in [3.05, 3.63) is 100 Å². The standard InChI is InChI=1S/C20H16FN3O3/c21-16-8-10-18(11-9-16)23(14-17-6-3-4-12-22-17)20(25)13-15-5-1-2-7-19(15)24(26)27/h1-12H,13-14H2. The minimum absolute atomic E-state index is 0.109. The molecule has 2 aromatic carbocycles. The summed E-state index contributed by atoms with van der Waals surface area (Å²) in [5, 5.41) is 11.2. The van der Waals surface area contributed by atoms with E-state index in [2.05, 4.69) is 4.98 Å². The predicted molar refractivity (Wildman–Crippen MR) is 98.6 cm³/mol. The Bertz CT molecular complexity index is 946. The number of nitro benzene ring substituents is 1. The van der Waals surface area contributed by atoms with Crippen molar-refractivity contribution >= 4 is 17.3 Å². The number of carbonyl (C=O) groups excluding carboxylic acids is 1. The topological polar surface area (TPSA) is 76.3 Å². The molecule has 1 aromatic heterocycles. The van der Waals surface area contributed by atoms with Gasteiger partial charge in [-0.05, 0) is 36.4 Å². The highest BCUT2D eigenvalue weighted by Crippen LogP contribution is 2.22. The fourth-order valence-electron chi connectivity index (χ4n) is 2.69. The lowest BCUT2D eigenvalue weighted by Gasteiger charge is -2.22.